The van der Waals surface area contributed by atoms with Crippen molar-refractivity contribution >= 4 is 11.8 Å². The van der Waals surface area contributed by atoms with Gasteiger partial charge in [0, 0.05) is 17.8 Å². The molecule has 0 aliphatic carbocycles. The highest BCUT2D eigenvalue weighted by Gasteiger charge is 2.12. The summed E-state index contributed by atoms with van der Waals surface area (Å²) < 4.78 is 10.2. The third-order valence-corrected chi connectivity index (χ3v) is 3.06. The molecule has 0 atom stereocenters. The van der Waals surface area contributed by atoms with Crippen molar-refractivity contribution in [2.24, 2.45) is 0 Å². The predicted octanol–water partition coefficient (Wildman–Crippen LogP) is 2.33. The first-order valence-electron chi connectivity index (χ1n) is 6.49. The number of hydrogen-bond donors (Lipinski definition) is 2. The number of urea groups is 1. The van der Waals surface area contributed by atoms with Gasteiger partial charge in [-0.15, -0.1) is 0 Å². The first-order valence-corrected chi connectivity index (χ1v) is 6.49. The number of carbonyl (C=O) groups is 1. The van der Waals surface area contributed by atoms with Gasteiger partial charge in [-0.3, -0.25) is 5.32 Å². The molecule has 2 aromatic rings. The van der Waals surface area contributed by atoms with E-state index in [1.54, 1.807) is 13.0 Å². The molecule has 21 heavy (non-hydrogen) atoms. The summed E-state index contributed by atoms with van der Waals surface area (Å²) in [5.41, 5.74) is 2.42. The van der Waals surface area contributed by atoms with Crippen LogP contribution in [0.25, 0.3) is 0 Å². The number of nitrogens with one attached hydrogen (secondary N) is 2. The zero-order chi connectivity index (χ0) is 15.4. The average Bonchev–Trinajstić information content (AvgIpc) is 2.76. The Balaban J connectivity index is 2.01. The van der Waals surface area contributed by atoms with Crippen LogP contribution in [0.5, 0.6) is 5.75 Å². The van der Waals surface area contributed by atoms with Crippen LogP contribution in [-0.4, -0.2) is 23.3 Å². The van der Waals surface area contributed by atoms with Crippen molar-refractivity contribution in [3.8, 4) is 5.75 Å². The molecule has 0 bridgehead atoms. The Morgan fingerprint density at radius 3 is 2.71 bits per heavy atom. The smallest absolute Gasteiger partial charge is 0.320 e. The number of pyridine rings is 1. The lowest BCUT2D eigenvalue weighted by Gasteiger charge is -2.10. The Morgan fingerprint density at radius 1 is 1.33 bits per heavy atom. The number of aromatic nitrogens is 2. The predicted molar refractivity (Wildman–Crippen MR) is 77.4 cm³/mol. The number of amides is 2. The van der Waals surface area contributed by atoms with Crippen molar-refractivity contribution in [2.75, 3.05) is 12.4 Å². The standard InChI is InChI=1S/C14H18N4O3/c1-8-5-6-12(20-4)13(16-8)17-14(19)15-7-11-9(2)18-21-10(11)3/h5-6H,7H2,1-4H3,(H2,15,16,17,19). The van der Waals surface area contributed by atoms with Gasteiger partial charge in [0.25, 0.3) is 0 Å². The van der Waals surface area contributed by atoms with Crippen molar-refractivity contribution in [2.45, 2.75) is 27.3 Å². The Hall–Kier alpha value is -2.57. The molecule has 112 valence electrons. The van der Waals surface area contributed by atoms with E-state index in [4.69, 9.17) is 9.26 Å². The van der Waals surface area contributed by atoms with Crippen molar-refractivity contribution < 1.29 is 14.1 Å². The van der Waals surface area contributed by atoms with E-state index in [0.717, 1.165) is 17.0 Å². The fourth-order valence-electron chi connectivity index (χ4n) is 1.87. The van der Waals surface area contributed by atoms with Crippen molar-refractivity contribution in [1.29, 1.82) is 0 Å². The Bertz CT molecular complexity index is 632. The third kappa shape index (κ3) is 3.50. The average molecular weight is 290 g/mol. The topological polar surface area (TPSA) is 89.3 Å². The maximum Gasteiger partial charge on any atom is 0.320 e. The largest absolute Gasteiger partial charge is 0.493 e. The summed E-state index contributed by atoms with van der Waals surface area (Å²) in [5, 5.41) is 9.24. The molecule has 0 radical (unpaired) electrons. The van der Waals surface area contributed by atoms with Crippen LogP contribution in [0.4, 0.5) is 10.6 Å². The summed E-state index contributed by atoms with van der Waals surface area (Å²) in [6.45, 7) is 5.81. The Kier molecular flexibility index (Phi) is 4.42. The molecular weight excluding hydrogens is 272 g/mol. The number of anilines is 1. The third-order valence-electron chi connectivity index (χ3n) is 3.06. The van der Waals surface area contributed by atoms with Crippen molar-refractivity contribution in [1.82, 2.24) is 15.5 Å². The molecule has 2 aromatic heterocycles. The molecule has 0 saturated heterocycles. The SMILES string of the molecule is COc1ccc(C)nc1NC(=O)NCc1c(C)noc1C. The first kappa shape index (κ1) is 14.8. The van der Waals surface area contributed by atoms with Gasteiger partial charge in [-0.2, -0.15) is 0 Å². The second-order valence-electron chi connectivity index (χ2n) is 4.61. The van der Waals surface area contributed by atoms with E-state index in [1.165, 1.54) is 7.11 Å². The number of rotatable bonds is 4. The first-order chi connectivity index (χ1) is 10.0. The highest BCUT2D eigenvalue weighted by atomic mass is 16.5. The molecule has 7 heteroatoms. The van der Waals surface area contributed by atoms with Gasteiger partial charge in [0.05, 0.1) is 12.8 Å². The molecule has 0 aliphatic rings. The van der Waals surface area contributed by atoms with Crippen LogP contribution in [0.2, 0.25) is 0 Å². The number of aryl methyl sites for hydroxylation is 3. The Labute approximate surface area is 122 Å². The second kappa shape index (κ2) is 6.25. The lowest BCUT2D eigenvalue weighted by atomic mass is 10.2. The summed E-state index contributed by atoms with van der Waals surface area (Å²) in [5.74, 6) is 1.58. The van der Waals surface area contributed by atoms with E-state index in [0.29, 0.717) is 23.9 Å². The van der Waals surface area contributed by atoms with Crippen LogP contribution < -0.4 is 15.4 Å². The minimum Gasteiger partial charge on any atom is -0.493 e. The van der Waals surface area contributed by atoms with Crippen molar-refractivity contribution in [3.05, 3.63) is 34.8 Å². The lowest BCUT2D eigenvalue weighted by molar-refractivity contribution is 0.251. The van der Waals surface area contributed by atoms with Gasteiger partial charge in [0.1, 0.15) is 5.76 Å². The van der Waals surface area contributed by atoms with Gasteiger partial charge >= 0.3 is 6.03 Å². The van der Waals surface area contributed by atoms with Crippen LogP contribution in [-0.2, 0) is 6.54 Å². The van der Waals surface area contributed by atoms with Crippen LogP contribution in [0.1, 0.15) is 22.7 Å². The number of carbonyl (C=O) groups excluding carboxylic acids is 1. The maximum atomic E-state index is 11.9. The monoisotopic (exact) mass is 290 g/mol. The molecule has 0 spiro atoms. The van der Waals surface area contributed by atoms with Gasteiger partial charge < -0.3 is 14.6 Å². The zero-order valence-electron chi connectivity index (χ0n) is 12.5. The molecule has 2 amide bonds. The summed E-state index contributed by atoms with van der Waals surface area (Å²) in [7, 11) is 1.53. The van der Waals surface area contributed by atoms with E-state index in [-0.39, 0.29) is 6.03 Å². The molecule has 2 rings (SSSR count). The van der Waals surface area contributed by atoms with Crippen LogP contribution >= 0.6 is 0 Å². The number of nitrogens with zero attached hydrogens (tertiary/aromatic N) is 2. The Morgan fingerprint density at radius 2 is 2.10 bits per heavy atom. The molecule has 0 fully saturated rings. The number of ether oxygens (including phenoxy) is 1. The second-order valence-corrected chi connectivity index (χ2v) is 4.61. The van der Waals surface area contributed by atoms with Gasteiger partial charge in [-0.25, -0.2) is 9.78 Å². The summed E-state index contributed by atoms with van der Waals surface area (Å²) in [4.78, 5) is 16.2. The minimum absolute atomic E-state index is 0.334. The normalized spacial score (nSPS) is 10.3. The molecule has 2 heterocycles. The summed E-state index contributed by atoms with van der Waals surface area (Å²) in [6.07, 6.45) is 0. The quantitative estimate of drug-likeness (QED) is 0.902. The fourth-order valence-corrected chi connectivity index (χ4v) is 1.87. The molecule has 0 aromatic carbocycles. The van der Waals surface area contributed by atoms with Gasteiger partial charge in [-0.1, -0.05) is 5.16 Å². The molecule has 0 aliphatic heterocycles. The van der Waals surface area contributed by atoms with Crippen LogP contribution in [0.15, 0.2) is 16.7 Å². The van der Waals surface area contributed by atoms with Gasteiger partial charge in [0.2, 0.25) is 0 Å². The highest BCUT2D eigenvalue weighted by molar-refractivity contribution is 5.89. The summed E-state index contributed by atoms with van der Waals surface area (Å²) in [6, 6.07) is 3.20. The fraction of sp³-hybridized carbons (Fsp3) is 0.357. The minimum atomic E-state index is -0.369. The highest BCUT2D eigenvalue weighted by Crippen LogP contribution is 2.21. The van der Waals surface area contributed by atoms with E-state index >= 15 is 0 Å². The van der Waals surface area contributed by atoms with E-state index < -0.39 is 0 Å². The van der Waals surface area contributed by atoms with Crippen molar-refractivity contribution in [3.63, 3.8) is 0 Å². The van der Waals surface area contributed by atoms with E-state index in [9.17, 15) is 4.79 Å². The van der Waals surface area contributed by atoms with Gasteiger partial charge in [-0.05, 0) is 32.9 Å². The molecule has 0 saturated carbocycles. The van der Waals surface area contributed by atoms with E-state index in [1.807, 2.05) is 19.9 Å². The lowest BCUT2D eigenvalue weighted by Crippen LogP contribution is -2.29. The van der Waals surface area contributed by atoms with E-state index in [2.05, 4.69) is 20.8 Å². The number of methoxy groups -OCH3 is 1. The summed E-state index contributed by atoms with van der Waals surface area (Å²) >= 11 is 0. The number of hydrogen-bond acceptors (Lipinski definition) is 5. The van der Waals surface area contributed by atoms with Crippen LogP contribution in [0.3, 0.4) is 0 Å². The molecule has 2 N–H and O–H groups in total. The molecule has 7 nitrogen and oxygen atoms in total. The maximum absolute atomic E-state index is 11.9. The molecular formula is C14H18N4O3. The van der Waals surface area contributed by atoms with Gasteiger partial charge in [0.15, 0.2) is 11.6 Å². The molecule has 0 unspecified atom stereocenters. The zero-order valence-corrected chi connectivity index (χ0v) is 12.5. The van der Waals surface area contributed by atoms with Crippen LogP contribution in [0, 0.1) is 20.8 Å².